The van der Waals surface area contributed by atoms with Gasteiger partial charge in [0.05, 0.1) is 5.69 Å². The highest BCUT2D eigenvalue weighted by molar-refractivity contribution is 5.95. The number of hydrogen-bond acceptors (Lipinski definition) is 1. The van der Waals surface area contributed by atoms with Crippen LogP contribution in [0, 0.1) is 20.8 Å². The zero-order valence-electron chi connectivity index (χ0n) is 12.7. The van der Waals surface area contributed by atoms with Gasteiger partial charge in [-0.1, -0.05) is 48.0 Å². The highest BCUT2D eigenvalue weighted by Crippen LogP contribution is 2.33. The van der Waals surface area contributed by atoms with E-state index in [0.29, 0.717) is 0 Å². The van der Waals surface area contributed by atoms with Crippen molar-refractivity contribution in [1.82, 2.24) is 0 Å². The second-order valence-corrected chi connectivity index (χ2v) is 5.57. The van der Waals surface area contributed by atoms with Crippen LogP contribution in [0.25, 0.3) is 11.1 Å². The van der Waals surface area contributed by atoms with Gasteiger partial charge in [0.25, 0.3) is 0 Å². The van der Waals surface area contributed by atoms with Crippen LogP contribution in [-0.4, -0.2) is 6.21 Å². The SMILES string of the molecule is Cc1cc(C)c2ccc(C=Nc3ccccc3)c-2c(C)c1. The summed E-state index contributed by atoms with van der Waals surface area (Å²) >= 11 is 0. The molecule has 0 unspecified atom stereocenters. The molecule has 0 N–H and O–H groups in total. The first-order valence-electron chi connectivity index (χ1n) is 7.25. The molecule has 1 heteroatoms. The predicted octanol–water partition coefficient (Wildman–Crippen LogP) is 5.47. The van der Waals surface area contributed by atoms with Crippen LogP contribution in [0.5, 0.6) is 0 Å². The van der Waals surface area contributed by atoms with Gasteiger partial charge in [-0.25, -0.2) is 0 Å². The summed E-state index contributed by atoms with van der Waals surface area (Å²) in [6, 6.07) is 18.9. The number of fused-ring (bicyclic) bond motifs is 1. The van der Waals surface area contributed by atoms with Crippen molar-refractivity contribution in [2.24, 2.45) is 4.99 Å². The lowest BCUT2D eigenvalue weighted by atomic mass is 10.0. The van der Waals surface area contributed by atoms with Gasteiger partial charge >= 0.3 is 0 Å². The van der Waals surface area contributed by atoms with E-state index in [1.54, 1.807) is 0 Å². The minimum atomic E-state index is 0.984. The largest absolute Gasteiger partial charge is 0.256 e. The van der Waals surface area contributed by atoms with Crippen molar-refractivity contribution in [3.63, 3.8) is 0 Å². The summed E-state index contributed by atoms with van der Waals surface area (Å²) in [6.45, 7) is 6.50. The molecule has 0 amide bonds. The van der Waals surface area contributed by atoms with Crippen molar-refractivity contribution in [3.8, 4) is 11.1 Å². The van der Waals surface area contributed by atoms with E-state index in [1.807, 2.05) is 36.5 Å². The number of hydrogen-bond donors (Lipinski definition) is 0. The van der Waals surface area contributed by atoms with Gasteiger partial charge in [0.15, 0.2) is 0 Å². The molecular formula is C20H19N. The van der Waals surface area contributed by atoms with Crippen LogP contribution in [0.2, 0.25) is 0 Å². The molecule has 104 valence electrons. The Balaban J connectivity index is 2.09. The van der Waals surface area contributed by atoms with E-state index in [4.69, 9.17) is 0 Å². The van der Waals surface area contributed by atoms with Gasteiger partial charge in [0.1, 0.15) is 0 Å². The third-order valence-electron chi connectivity index (χ3n) is 3.80. The Morgan fingerprint density at radius 1 is 0.810 bits per heavy atom. The molecule has 0 heterocycles. The number of rotatable bonds is 2. The summed E-state index contributed by atoms with van der Waals surface area (Å²) in [5.41, 5.74) is 8.70. The zero-order valence-corrected chi connectivity index (χ0v) is 12.7. The summed E-state index contributed by atoms with van der Waals surface area (Å²) in [4.78, 5) is 4.59. The standard InChI is InChI=1S/C20H19N/c1-14-11-15(2)19-10-9-17(20(19)16(3)12-14)13-21-18-7-5-4-6-8-18/h4-13H,1-3H3. The average Bonchev–Trinajstić information content (AvgIpc) is 2.85. The summed E-state index contributed by atoms with van der Waals surface area (Å²) in [6.07, 6.45) is 1.97. The van der Waals surface area contributed by atoms with Crippen LogP contribution in [0.3, 0.4) is 0 Å². The van der Waals surface area contributed by atoms with E-state index < -0.39 is 0 Å². The minimum absolute atomic E-state index is 0.984. The molecule has 1 aromatic rings. The topological polar surface area (TPSA) is 12.4 Å². The van der Waals surface area contributed by atoms with Gasteiger partial charge in [-0.05, 0) is 55.2 Å². The maximum absolute atomic E-state index is 4.59. The third kappa shape index (κ3) is 2.73. The van der Waals surface area contributed by atoms with Crippen LogP contribution in [0.1, 0.15) is 22.3 Å². The Labute approximate surface area is 126 Å². The van der Waals surface area contributed by atoms with Crippen LogP contribution in [0.15, 0.2) is 59.6 Å². The normalized spacial score (nSPS) is 11.4. The summed E-state index contributed by atoms with van der Waals surface area (Å²) in [7, 11) is 0. The highest BCUT2D eigenvalue weighted by atomic mass is 14.7. The summed E-state index contributed by atoms with van der Waals surface area (Å²) < 4.78 is 0. The fourth-order valence-corrected chi connectivity index (χ4v) is 2.90. The third-order valence-corrected chi connectivity index (χ3v) is 3.80. The number of benzene rings is 1. The fourth-order valence-electron chi connectivity index (χ4n) is 2.90. The van der Waals surface area contributed by atoms with Crippen molar-refractivity contribution < 1.29 is 0 Å². The first-order valence-corrected chi connectivity index (χ1v) is 7.25. The molecule has 0 atom stereocenters. The Kier molecular flexibility index (Phi) is 3.57. The van der Waals surface area contributed by atoms with Gasteiger partial charge in [-0.3, -0.25) is 4.99 Å². The van der Waals surface area contributed by atoms with E-state index in [1.165, 1.54) is 33.4 Å². The van der Waals surface area contributed by atoms with E-state index in [2.05, 4.69) is 50.0 Å². The van der Waals surface area contributed by atoms with Gasteiger partial charge in [0, 0.05) is 11.8 Å². The lowest BCUT2D eigenvalue weighted by molar-refractivity contribution is 1.42. The summed E-state index contributed by atoms with van der Waals surface area (Å²) in [5, 5.41) is 0. The molecule has 1 nitrogen and oxygen atoms in total. The monoisotopic (exact) mass is 273 g/mol. The Morgan fingerprint density at radius 3 is 2.29 bits per heavy atom. The van der Waals surface area contributed by atoms with Crippen LogP contribution in [-0.2, 0) is 0 Å². The van der Waals surface area contributed by atoms with Gasteiger partial charge in [-0.15, -0.1) is 0 Å². The molecule has 0 radical (unpaired) electrons. The second kappa shape index (κ2) is 5.53. The van der Waals surface area contributed by atoms with E-state index in [9.17, 15) is 0 Å². The van der Waals surface area contributed by atoms with Crippen molar-refractivity contribution in [2.45, 2.75) is 20.8 Å². The van der Waals surface area contributed by atoms with E-state index in [0.717, 1.165) is 5.69 Å². The van der Waals surface area contributed by atoms with E-state index in [-0.39, 0.29) is 0 Å². The average molecular weight is 273 g/mol. The molecule has 0 fully saturated rings. The number of aryl methyl sites for hydroxylation is 3. The maximum atomic E-state index is 4.59. The Morgan fingerprint density at radius 2 is 1.52 bits per heavy atom. The lowest BCUT2D eigenvalue weighted by Gasteiger charge is -2.02. The van der Waals surface area contributed by atoms with Crippen molar-refractivity contribution >= 4 is 11.9 Å². The van der Waals surface area contributed by atoms with Crippen LogP contribution < -0.4 is 0 Å². The quantitative estimate of drug-likeness (QED) is 0.549. The molecule has 0 aromatic heterocycles. The first-order chi connectivity index (χ1) is 10.1. The minimum Gasteiger partial charge on any atom is -0.256 e. The first kappa shape index (κ1) is 13.6. The molecule has 1 aromatic carbocycles. The highest BCUT2D eigenvalue weighted by Gasteiger charge is 2.12. The molecule has 2 aliphatic carbocycles. The van der Waals surface area contributed by atoms with Gasteiger partial charge in [-0.2, -0.15) is 0 Å². The zero-order chi connectivity index (χ0) is 14.8. The summed E-state index contributed by atoms with van der Waals surface area (Å²) in [5.74, 6) is 0. The van der Waals surface area contributed by atoms with Crippen LogP contribution in [0.4, 0.5) is 5.69 Å². The van der Waals surface area contributed by atoms with Gasteiger partial charge in [0.2, 0.25) is 0 Å². The van der Waals surface area contributed by atoms with Crippen molar-refractivity contribution in [2.75, 3.05) is 0 Å². The molecule has 0 saturated carbocycles. The maximum Gasteiger partial charge on any atom is 0.0629 e. The van der Waals surface area contributed by atoms with E-state index >= 15 is 0 Å². The smallest absolute Gasteiger partial charge is 0.0629 e. The molecule has 0 saturated heterocycles. The molecule has 0 bridgehead atoms. The lowest BCUT2D eigenvalue weighted by Crippen LogP contribution is -1.84. The molecule has 3 rings (SSSR count). The number of nitrogens with zero attached hydrogens (tertiary/aromatic N) is 1. The fraction of sp³-hybridized carbons (Fsp3) is 0.150. The molecular weight excluding hydrogens is 254 g/mol. The molecule has 0 aliphatic heterocycles. The molecule has 0 spiro atoms. The van der Waals surface area contributed by atoms with Crippen molar-refractivity contribution in [3.05, 3.63) is 76.9 Å². The molecule has 2 aliphatic rings. The van der Waals surface area contributed by atoms with Gasteiger partial charge < -0.3 is 0 Å². The Bertz CT molecular complexity index is 770. The second-order valence-electron chi connectivity index (χ2n) is 5.57. The number of aliphatic imine (C=N–C) groups is 1. The Hall–Kier alpha value is -2.41. The number of para-hydroxylation sites is 1. The molecule has 21 heavy (non-hydrogen) atoms. The van der Waals surface area contributed by atoms with Crippen LogP contribution >= 0.6 is 0 Å². The predicted molar refractivity (Wildman–Crippen MR) is 91.0 cm³/mol. The van der Waals surface area contributed by atoms with Crippen molar-refractivity contribution in [1.29, 1.82) is 0 Å².